The van der Waals surface area contributed by atoms with Crippen molar-refractivity contribution in [1.29, 1.82) is 0 Å². The van der Waals surface area contributed by atoms with E-state index in [4.69, 9.17) is 28.4 Å². The second-order valence-electron chi connectivity index (χ2n) is 5.22. The smallest absolute Gasteiger partial charge is 0.347 e. The van der Waals surface area contributed by atoms with E-state index in [2.05, 4.69) is 0 Å². The molecule has 28 heavy (non-hydrogen) atoms. The normalized spacial score (nSPS) is 12.9. The summed E-state index contributed by atoms with van der Waals surface area (Å²) in [7, 11) is 0. The molecule has 0 aliphatic carbocycles. The predicted octanol–water partition coefficient (Wildman–Crippen LogP) is 0.565. The highest BCUT2D eigenvalue weighted by Crippen LogP contribution is 1.99. The van der Waals surface area contributed by atoms with Gasteiger partial charge in [0.15, 0.2) is 12.2 Å². The summed E-state index contributed by atoms with van der Waals surface area (Å²) in [6, 6.07) is 0. The Kier molecular flexibility index (Phi) is 14.2. The van der Waals surface area contributed by atoms with E-state index in [1.165, 1.54) is 13.8 Å². The quantitative estimate of drug-likeness (QED) is 0.176. The van der Waals surface area contributed by atoms with Gasteiger partial charge in [0.1, 0.15) is 13.2 Å². The number of ether oxygens (including phenoxy) is 6. The molecule has 0 radical (unpaired) electrons. The summed E-state index contributed by atoms with van der Waals surface area (Å²) in [6.45, 7) is 7.79. The first-order valence-corrected chi connectivity index (χ1v) is 8.89. The largest absolute Gasteiger partial charge is 0.461 e. The van der Waals surface area contributed by atoms with Crippen molar-refractivity contribution in [3.63, 3.8) is 0 Å². The average molecular weight is 404 g/mol. The van der Waals surface area contributed by atoms with Crippen LogP contribution in [0, 0.1) is 0 Å². The van der Waals surface area contributed by atoms with Crippen LogP contribution in [0.15, 0.2) is 12.2 Å². The third-order valence-corrected chi connectivity index (χ3v) is 2.96. The molecular formula is C18H28O10. The SMILES string of the molecule is CCOCCOC(=O)C(C)OC(=O)/C=C/C(=O)OC(C)C(=O)OCCOCC. The molecule has 0 amide bonds. The van der Waals surface area contributed by atoms with E-state index in [0.29, 0.717) is 13.2 Å². The van der Waals surface area contributed by atoms with Crippen LogP contribution in [0.4, 0.5) is 0 Å². The van der Waals surface area contributed by atoms with Gasteiger partial charge in [-0.3, -0.25) is 0 Å². The van der Waals surface area contributed by atoms with Crippen LogP contribution in [0.5, 0.6) is 0 Å². The van der Waals surface area contributed by atoms with Crippen LogP contribution < -0.4 is 0 Å². The van der Waals surface area contributed by atoms with E-state index in [-0.39, 0.29) is 26.4 Å². The van der Waals surface area contributed by atoms with Gasteiger partial charge in [-0.15, -0.1) is 0 Å². The molecule has 0 aromatic rings. The van der Waals surface area contributed by atoms with Gasteiger partial charge < -0.3 is 28.4 Å². The van der Waals surface area contributed by atoms with Crippen molar-refractivity contribution in [2.45, 2.75) is 39.9 Å². The molecule has 0 saturated heterocycles. The van der Waals surface area contributed by atoms with Crippen LogP contribution in [-0.2, 0) is 47.6 Å². The fourth-order valence-electron chi connectivity index (χ4n) is 1.59. The van der Waals surface area contributed by atoms with Crippen LogP contribution >= 0.6 is 0 Å². The predicted molar refractivity (Wildman–Crippen MR) is 95.2 cm³/mol. The molecule has 10 heteroatoms. The first kappa shape index (κ1) is 25.5. The molecule has 0 heterocycles. The first-order chi connectivity index (χ1) is 13.3. The molecule has 0 fully saturated rings. The van der Waals surface area contributed by atoms with Gasteiger partial charge in [-0.25, -0.2) is 19.2 Å². The lowest BCUT2D eigenvalue weighted by Gasteiger charge is -2.12. The Balaban J connectivity index is 4.18. The van der Waals surface area contributed by atoms with Crippen LogP contribution in [0.1, 0.15) is 27.7 Å². The number of hydrogen-bond donors (Lipinski definition) is 0. The Morgan fingerprint density at radius 2 is 1.04 bits per heavy atom. The summed E-state index contributed by atoms with van der Waals surface area (Å²) in [4.78, 5) is 46.4. The third-order valence-electron chi connectivity index (χ3n) is 2.96. The average Bonchev–Trinajstić information content (AvgIpc) is 2.66. The summed E-state index contributed by atoms with van der Waals surface area (Å²) in [6.07, 6.45) is -0.762. The first-order valence-electron chi connectivity index (χ1n) is 8.89. The zero-order valence-corrected chi connectivity index (χ0v) is 16.6. The van der Waals surface area contributed by atoms with Gasteiger partial charge >= 0.3 is 23.9 Å². The Hall–Kier alpha value is -2.46. The Morgan fingerprint density at radius 1 is 0.679 bits per heavy atom. The van der Waals surface area contributed by atoms with Crippen LogP contribution in [0.25, 0.3) is 0 Å². The molecule has 0 aliphatic heterocycles. The van der Waals surface area contributed by atoms with Crippen LogP contribution in [0.3, 0.4) is 0 Å². The van der Waals surface area contributed by atoms with Crippen molar-refractivity contribution >= 4 is 23.9 Å². The van der Waals surface area contributed by atoms with Crippen molar-refractivity contribution in [2.75, 3.05) is 39.6 Å². The second-order valence-corrected chi connectivity index (χ2v) is 5.22. The molecule has 2 unspecified atom stereocenters. The molecule has 160 valence electrons. The Labute approximate surface area is 164 Å². The molecule has 0 spiro atoms. The molecule has 0 aromatic carbocycles. The van der Waals surface area contributed by atoms with Gasteiger partial charge in [-0.1, -0.05) is 0 Å². The van der Waals surface area contributed by atoms with E-state index in [9.17, 15) is 19.2 Å². The van der Waals surface area contributed by atoms with Gasteiger partial charge in [0.05, 0.1) is 13.2 Å². The lowest BCUT2D eigenvalue weighted by atomic mass is 10.4. The maximum Gasteiger partial charge on any atom is 0.347 e. The van der Waals surface area contributed by atoms with Gasteiger partial charge in [-0.05, 0) is 27.7 Å². The van der Waals surface area contributed by atoms with Crippen molar-refractivity contribution in [2.24, 2.45) is 0 Å². The van der Waals surface area contributed by atoms with Crippen molar-refractivity contribution < 1.29 is 47.6 Å². The fraction of sp³-hybridized carbons (Fsp3) is 0.667. The number of hydrogen-bond acceptors (Lipinski definition) is 10. The molecule has 0 rings (SSSR count). The molecule has 0 aliphatic rings. The van der Waals surface area contributed by atoms with Gasteiger partial charge in [0, 0.05) is 25.4 Å². The van der Waals surface area contributed by atoms with Crippen molar-refractivity contribution in [3.8, 4) is 0 Å². The minimum absolute atomic E-state index is 0.0370. The van der Waals surface area contributed by atoms with E-state index in [1.54, 1.807) is 13.8 Å². The zero-order chi connectivity index (χ0) is 21.4. The van der Waals surface area contributed by atoms with Crippen molar-refractivity contribution in [3.05, 3.63) is 12.2 Å². The number of rotatable bonds is 14. The highest BCUT2D eigenvalue weighted by molar-refractivity contribution is 5.93. The summed E-state index contributed by atoms with van der Waals surface area (Å²) >= 11 is 0. The van der Waals surface area contributed by atoms with E-state index in [1.807, 2.05) is 0 Å². The summed E-state index contributed by atoms with van der Waals surface area (Å²) < 4.78 is 29.3. The fourth-order valence-corrected chi connectivity index (χ4v) is 1.59. The maximum atomic E-state index is 11.6. The highest BCUT2D eigenvalue weighted by Gasteiger charge is 2.20. The van der Waals surface area contributed by atoms with E-state index < -0.39 is 36.1 Å². The molecule has 2 atom stereocenters. The monoisotopic (exact) mass is 404 g/mol. The lowest BCUT2D eigenvalue weighted by Crippen LogP contribution is -2.27. The van der Waals surface area contributed by atoms with Crippen molar-refractivity contribution in [1.82, 2.24) is 0 Å². The summed E-state index contributed by atoms with van der Waals surface area (Å²) in [5, 5.41) is 0. The maximum absolute atomic E-state index is 11.6. The number of esters is 4. The lowest BCUT2D eigenvalue weighted by molar-refractivity contribution is -0.165. The molecule has 0 aromatic heterocycles. The Bertz CT molecular complexity index is 482. The van der Waals surface area contributed by atoms with Gasteiger partial charge in [0.2, 0.25) is 0 Å². The minimum atomic E-state index is -1.16. The van der Waals surface area contributed by atoms with Crippen LogP contribution in [-0.4, -0.2) is 75.7 Å². The molecule has 0 bridgehead atoms. The number of carbonyl (C=O) groups is 4. The summed E-state index contributed by atoms with van der Waals surface area (Å²) in [5.41, 5.74) is 0. The highest BCUT2D eigenvalue weighted by atomic mass is 16.6. The Morgan fingerprint density at radius 3 is 1.36 bits per heavy atom. The van der Waals surface area contributed by atoms with E-state index >= 15 is 0 Å². The van der Waals surface area contributed by atoms with Gasteiger partial charge in [0.25, 0.3) is 0 Å². The minimum Gasteiger partial charge on any atom is -0.461 e. The molecule has 0 N–H and O–H groups in total. The third kappa shape index (κ3) is 12.8. The summed E-state index contributed by atoms with van der Waals surface area (Å²) in [5.74, 6) is -3.38. The molecular weight excluding hydrogens is 376 g/mol. The second kappa shape index (κ2) is 15.6. The number of carbonyl (C=O) groups excluding carboxylic acids is 4. The zero-order valence-electron chi connectivity index (χ0n) is 16.6. The molecule has 10 nitrogen and oxygen atoms in total. The standard InChI is InChI=1S/C18H28O10/c1-5-23-9-11-25-17(21)13(3)27-15(19)7-8-16(20)28-14(4)18(22)26-12-10-24-6-2/h7-8,13-14H,5-6,9-12H2,1-4H3/b8-7+. The molecule has 0 saturated carbocycles. The van der Waals surface area contributed by atoms with Crippen LogP contribution in [0.2, 0.25) is 0 Å². The van der Waals surface area contributed by atoms with Gasteiger partial charge in [-0.2, -0.15) is 0 Å². The van der Waals surface area contributed by atoms with E-state index in [0.717, 1.165) is 12.2 Å². The topological polar surface area (TPSA) is 124 Å².